The van der Waals surface area contributed by atoms with Crippen LogP contribution in [0.25, 0.3) is 0 Å². The average molecular weight is 404 g/mol. The van der Waals surface area contributed by atoms with E-state index in [1.165, 1.54) is 19.2 Å². The quantitative estimate of drug-likeness (QED) is 0.659. The summed E-state index contributed by atoms with van der Waals surface area (Å²) < 4.78 is 31.5. The molecule has 8 heteroatoms. The Morgan fingerprint density at radius 2 is 1.68 bits per heavy atom. The maximum absolute atomic E-state index is 12.2. The van der Waals surface area contributed by atoms with Crippen LogP contribution < -0.4 is 10.0 Å². The maximum atomic E-state index is 12.2. The number of nitrogens with one attached hydrogen (secondary N) is 2. The summed E-state index contributed by atoms with van der Waals surface area (Å²) in [6, 6.07) is 12.8. The third-order valence-corrected chi connectivity index (χ3v) is 5.55. The van der Waals surface area contributed by atoms with Crippen LogP contribution in [0.3, 0.4) is 0 Å². The van der Waals surface area contributed by atoms with Crippen molar-refractivity contribution in [3.05, 3.63) is 59.7 Å². The van der Waals surface area contributed by atoms with Crippen LogP contribution in [0.15, 0.2) is 53.4 Å². The van der Waals surface area contributed by atoms with Crippen LogP contribution >= 0.6 is 0 Å². The molecule has 1 amide bonds. The highest BCUT2D eigenvalue weighted by molar-refractivity contribution is 7.89. The fourth-order valence-corrected chi connectivity index (χ4v) is 3.82. The van der Waals surface area contributed by atoms with Crippen molar-refractivity contribution in [2.45, 2.75) is 37.6 Å². The molecule has 2 aromatic carbocycles. The van der Waals surface area contributed by atoms with E-state index in [1.54, 1.807) is 50.2 Å². The zero-order valence-electron chi connectivity index (χ0n) is 16.1. The Bertz CT molecular complexity index is 937. The molecule has 2 aromatic rings. The number of methoxy groups -OCH3 is 1. The molecule has 0 atom stereocenters. The van der Waals surface area contributed by atoms with E-state index in [4.69, 9.17) is 4.74 Å². The minimum Gasteiger partial charge on any atom is -0.465 e. The highest BCUT2D eigenvalue weighted by Crippen LogP contribution is 2.17. The number of amides is 1. The summed E-state index contributed by atoms with van der Waals surface area (Å²) >= 11 is 0. The van der Waals surface area contributed by atoms with Crippen LogP contribution in [0, 0.1) is 0 Å². The molecule has 0 aliphatic carbocycles. The molecule has 7 nitrogen and oxygen atoms in total. The summed E-state index contributed by atoms with van der Waals surface area (Å²) in [5.41, 5.74) is 1.51. The number of para-hydroxylation sites is 1. The van der Waals surface area contributed by atoms with Gasteiger partial charge in [-0.1, -0.05) is 24.3 Å². The topological polar surface area (TPSA) is 102 Å². The fourth-order valence-electron chi connectivity index (χ4n) is 2.56. The standard InChI is InChI=1S/C20H24N2O5S/c1-14(2)22-28(25,26)16-11-8-15(9-12-16)10-13-19(23)21-18-7-5-4-6-17(18)20(24)27-3/h4-9,11-12,14,22H,10,13H2,1-3H3,(H,21,23). The zero-order chi connectivity index (χ0) is 20.7. The summed E-state index contributed by atoms with van der Waals surface area (Å²) in [5.74, 6) is -0.780. The van der Waals surface area contributed by atoms with E-state index in [-0.39, 0.29) is 28.8 Å². The second kappa shape index (κ2) is 9.48. The van der Waals surface area contributed by atoms with Crippen LogP contribution in [-0.2, 0) is 26.0 Å². The first-order valence-corrected chi connectivity index (χ1v) is 10.3. The second-order valence-corrected chi connectivity index (χ2v) is 8.22. The number of anilines is 1. The van der Waals surface area contributed by atoms with Crippen molar-refractivity contribution in [3.63, 3.8) is 0 Å². The zero-order valence-corrected chi connectivity index (χ0v) is 16.9. The maximum Gasteiger partial charge on any atom is 0.339 e. The van der Waals surface area contributed by atoms with Crippen LogP contribution in [-0.4, -0.2) is 33.4 Å². The third kappa shape index (κ3) is 5.90. The van der Waals surface area contributed by atoms with Crippen molar-refractivity contribution in [1.29, 1.82) is 0 Å². The molecule has 0 saturated heterocycles. The number of sulfonamides is 1. The molecule has 0 unspecified atom stereocenters. The van der Waals surface area contributed by atoms with E-state index in [0.29, 0.717) is 12.1 Å². The number of aryl methyl sites for hydroxylation is 1. The Morgan fingerprint density at radius 3 is 2.29 bits per heavy atom. The fraction of sp³-hybridized carbons (Fsp3) is 0.300. The first-order valence-electron chi connectivity index (χ1n) is 8.81. The normalized spacial score (nSPS) is 11.3. The van der Waals surface area contributed by atoms with Crippen molar-refractivity contribution >= 4 is 27.6 Å². The van der Waals surface area contributed by atoms with E-state index in [2.05, 4.69) is 10.0 Å². The van der Waals surface area contributed by atoms with Gasteiger partial charge in [0.25, 0.3) is 0 Å². The van der Waals surface area contributed by atoms with Crippen molar-refractivity contribution in [2.24, 2.45) is 0 Å². The number of hydrogen-bond acceptors (Lipinski definition) is 5. The predicted octanol–water partition coefficient (Wildman–Crippen LogP) is 2.73. The number of benzene rings is 2. The van der Waals surface area contributed by atoms with Crippen LogP contribution in [0.1, 0.15) is 36.2 Å². The van der Waals surface area contributed by atoms with E-state index in [1.807, 2.05) is 0 Å². The van der Waals surface area contributed by atoms with Crippen molar-refractivity contribution in [2.75, 3.05) is 12.4 Å². The lowest BCUT2D eigenvalue weighted by atomic mass is 10.1. The van der Waals surface area contributed by atoms with Gasteiger partial charge in [-0.3, -0.25) is 4.79 Å². The highest BCUT2D eigenvalue weighted by atomic mass is 32.2. The van der Waals surface area contributed by atoms with Gasteiger partial charge in [0.15, 0.2) is 0 Å². The molecule has 2 rings (SSSR count). The van der Waals surface area contributed by atoms with Gasteiger partial charge in [-0.25, -0.2) is 17.9 Å². The van der Waals surface area contributed by atoms with Crippen molar-refractivity contribution in [3.8, 4) is 0 Å². The van der Waals surface area contributed by atoms with Gasteiger partial charge in [0.05, 0.1) is 23.3 Å². The Balaban J connectivity index is 1.98. The Labute approximate surface area is 165 Å². The van der Waals surface area contributed by atoms with Crippen LogP contribution in [0.2, 0.25) is 0 Å². The molecule has 0 aliphatic rings. The van der Waals surface area contributed by atoms with Gasteiger partial charge in [-0.2, -0.15) is 0 Å². The molecule has 0 bridgehead atoms. The lowest BCUT2D eigenvalue weighted by Crippen LogP contribution is -2.30. The first kappa shape index (κ1) is 21.6. The van der Waals surface area contributed by atoms with E-state index in [0.717, 1.165) is 5.56 Å². The molecule has 2 N–H and O–H groups in total. The van der Waals surface area contributed by atoms with Gasteiger partial charge in [-0.05, 0) is 50.1 Å². The third-order valence-electron chi connectivity index (χ3n) is 3.87. The molecule has 0 radical (unpaired) electrons. The molecule has 0 heterocycles. The first-order chi connectivity index (χ1) is 13.2. The van der Waals surface area contributed by atoms with E-state index < -0.39 is 16.0 Å². The monoisotopic (exact) mass is 404 g/mol. The van der Waals surface area contributed by atoms with Crippen LogP contribution in [0.5, 0.6) is 0 Å². The number of carbonyl (C=O) groups is 2. The minimum atomic E-state index is -3.54. The molecule has 0 saturated carbocycles. The summed E-state index contributed by atoms with van der Waals surface area (Å²) in [7, 11) is -2.26. The Morgan fingerprint density at radius 1 is 1.04 bits per heavy atom. The minimum absolute atomic E-state index is 0.182. The number of rotatable bonds is 8. The lowest BCUT2D eigenvalue weighted by Gasteiger charge is -2.11. The lowest BCUT2D eigenvalue weighted by molar-refractivity contribution is -0.116. The molecule has 28 heavy (non-hydrogen) atoms. The Kier molecular flexibility index (Phi) is 7.31. The average Bonchev–Trinajstić information content (AvgIpc) is 2.65. The molecule has 0 aromatic heterocycles. The smallest absolute Gasteiger partial charge is 0.339 e. The van der Waals surface area contributed by atoms with Gasteiger partial charge in [0, 0.05) is 12.5 Å². The predicted molar refractivity (Wildman–Crippen MR) is 107 cm³/mol. The van der Waals surface area contributed by atoms with E-state index in [9.17, 15) is 18.0 Å². The van der Waals surface area contributed by atoms with Gasteiger partial charge < -0.3 is 10.1 Å². The molecule has 0 aliphatic heterocycles. The van der Waals surface area contributed by atoms with Crippen molar-refractivity contribution in [1.82, 2.24) is 4.72 Å². The molecular formula is C20H24N2O5S. The van der Waals surface area contributed by atoms with Crippen LogP contribution in [0.4, 0.5) is 5.69 Å². The largest absolute Gasteiger partial charge is 0.465 e. The molecular weight excluding hydrogens is 380 g/mol. The van der Waals surface area contributed by atoms with Gasteiger partial charge >= 0.3 is 5.97 Å². The number of hydrogen-bond donors (Lipinski definition) is 2. The van der Waals surface area contributed by atoms with Gasteiger partial charge in [0.1, 0.15) is 0 Å². The van der Waals surface area contributed by atoms with Gasteiger partial charge in [0.2, 0.25) is 15.9 Å². The summed E-state index contributed by atoms with van der Waals surface area (Å²) in [6.45, 7) is 3.51. The summed E-state index contributed by atoms with van der Waals surface area (Å²) in [4.78, 5) is 24.2. The summed E-state index contributed by atoms with van der Waals surface area (Å²) in [6.07, 6.45) is 0.621. The highest BCUT2D eigenvalue weighted by Gasteiger charge is 2.16. The SMILES string of the molecule is COC(=O)c1ccccc1NC(=O)CCc1ccc(S(=O)(=O)NC(C)C)cc1. The second-order valence-electron chi connectivity index (χ2n) is 6.51. The van der Waals surface area contributed by atoms with Crippen molar-refractivity contribution < 1.29 is 22.7 Å². The number of esters is 1. The van der Waals surface area contributed by atoms with E-state index >= 15 is 0 Å². The molecule has 150 valence electrons. The molecule has 0 fully saturated rings. The van der Waals surface area contributed by atoms with Gasteiger partial charge in [-0.15, -0.1) is 0 Å². The molecule has 0 spiro atoms. The number of carbonyl (C=O) groups excluding carboxylic acids is 2. The number of ether oxygens (including phenoxy) is 1. The Hall–Kier alpha value is -2.71. The summed E-state index contributed by atoms with van der Waals surface area (Å²) in [5, 5.41) is 2.71.